The molecule has 1 atom stereocenters. The van der Waals surface area contributed by atoms with Gasteiger partial charge in [0.05, 0.1) is 4.90 Å². The fraction of sp³-hybridized carbons (Fsp3) is 0.333. The van der Waals surface area contributed by atoms with Gasteiger partial charge in [-0.2, -0.15) is 0 Å². The van der Waals surface area contributed by atoms with Gasteiger partial charge >= 0.3 is 0 Å². The number of hydrogen-bond donors (Lipinski definition) is 1. The van der Waals surface area contributed by atoms with Gasteiger partial charge in [0.15, 0.2) is 9.84 Å². The number of halogens is 1. The van der Waals surface area contributed by atoms with Crippen LogP contribution in [0.15, 0.2) is 29.2 Å². The average molecular weight is 278 g/mol. The minimum absolute atomic E-state index is 0.328. The fourth-order valence-electron chi connectivity index (χ4n) is 1.02. The number of benzene rings is 1. The Morgan fingerprint density at radius 2 is 2.07 bits per heavy atom. The van der Waals surface area contributed by atoms with Crippen molar-refractivity contribution in [1.82, 2.24) is 0 Å². The van der Waals surface area contributed by atoms with Crippen LogP contribution in [0.5, 0.6) is 0 Å². The molecule has 0 aliphatic carbocycles. The fourth-order valence-corrected chi connectivity index (χ4v) is 2.60. The Morgan fingerprint density at radius 1 is 1.43 bits per heavy atom. The maximum absolute atomic E-state index is 11.7. The van der Waals surface area contributed by atoms with Gasteiger partial charge in [0, 0.05) is 12.7 Å². The zero-order valence-corrected chi connectivity index (χ0v) is 10.4. The van der Waals surface area contributed by atoms with E-state index in [-0.39, 0.29) is 0 Å². The SMILES string of the molecule is CNc1cccc(S(=O)(=O)C(C)Br)c1. The van der Waals surface area contributed by atoms with Crippen LogP contribution in [0, 0.1) is 0 Å². The normalized spacial score (nSPS) is 13.6. The zero-order valence-electron chi connectivity index (χ0n) is 7.99. The monoisotopic (exact) mass is 277 g/mol. The van der Waals surface area contributed by atoms with E-state index in [1.54, 1.807) is 32.2 Å². The molecule has 1 aromatic rings. The molecule has 1 rings (SSSR count). The molecule has 1 aromatic carbocycles. The molecule has 0 saturated heterocycles. The molecule has 0 amide bonds. The Bertz CT molecular complexity index is 415. The largest absolute Gasteiger partial charge is 0.388 e. The molecule has 0 aliphatic rings. The summed E-state index contributed by atoms with van der Waals surface area (Å²) in [4.78, 5) is 0.328. The second kappa shape index (κ2) is 4.31. The van der Waals surface area contributed by atoms with Crippen LogP contribution in [0.2, 0.25) is 0 Å². The quantitative estimate of drug-likeness (QED) is 0.862. The molecular formula is C9H12BrNO2S. The van der Waals surface area contributed by atoms with Crippen molar-refractivity contribution >= 4 is 31.5 Å². The van der Waals surface area contributed by atoms with E-state index in [4.69, 9.17) is 0 Å². The minimum atomic E-state index is -3.23. The Morgan fingerprint density at radius 3 is 2.57 bits per heavy atom. The standard InChI is InChI=1S/C9H12BrNO2S/c1-7(10)14(12,13)9-5-3-4-8(6-9)11-2/h3-7,11H,1-2H3. The summed E-state index contributed by atoms with van der Waals surface area (Å²) in [6.07, 6.45) is 0. The number of alkyl halides is 1. The van der Waals surface area contributed by atoms with Gasteiger partial charge in [-0.05, 0) is 25.1 Å². The molecular weight excluding hydrogens is 266 g/mol. The van der Waals surface area contributed by atoms with Crippen molar-refractivity contribution in [2.45, 2.75) is 16.0 Å². The van der Waals surface area contributed by atoms with Crippen molar-refractivity contribution in [3.05, 3.63) is 24.3 Å². The first-order chi connectivity index (χ1) is 6.48. The number of hydrogen-bond acceptors (Lipinski definition) is 3. The molecule has 0 aliphatic heterocycles. The first kappa shape index (κ1) is 11.5. The molecule has 0 saturated carbocycles. The van der Waals surface area contributed by atoms with E-state index in [2.05, 4.69) is 21.2 Å². The second-order valence-corrected chi connectivity index (χ2v) is 7.11. The molecule has 0 radical (unpaired) electrons. The van der Waals surface area contributed by atoms with Gasteiger partial charge in [-0.25, -0.2) is 8.42 Å². The highest BCUT2D eigenvalue weighted by atomic mass is 79.9. The number of rotatable bonds is 3. The van der Waals surface area contributed by atoms with Crippen LogP contribution in [0.1, 0.15) is 6.92 Å². The highest BCUT2D eigenvalue weighted by Gasteiger charge is 2.20. The number of anilines is 1. The molecule has 0 bridgehead atoms. The Labute approximate surface area is 92.6 Å². The predicted octanol–water partition coefficient (Wildman–Crippen LogP) is 2.24. The van der Waals surface area contributed by atoms with E-state index < -0.39 is 14.0 Å². The third kappa shape index (κ3) is 2.27. The van der Waals surface area contributed by atoms with E-state index in [1.165, 1.54) is 0 Å². The molecule has 0 heterocycles. The summed E-state index contributed by atoms with van der Waals surface area (Å²) in [5.74, 6) is 0. The van der Waals surface area contributed by atoms with Crippen LogP contribution < -0.4 is 5.32 Å². The van der Waals surface area contributed by atoms with E-state index >= 15 is 0 Å². The smallest absolute Gasteiger partial charge is 0.190 e. The maximum atomic E-state index is 11.7. The summed E-state index contributed by atoms with van der Waals surface area (Å²) in [6.45, 7) is 1.60. The number of nitrogens with one attached hydrogen (secondary N) is 1. The third-order valence-corrected chi connectivity index (χ3v) is 5.12. The third-order valence-electron chi connectivity index (χ3n) is 1.88. The van der Waals surface area contributed by atoms with Gasteiger partial charge in [-0.15, -0.1) is 0 Å². The Balaban J connectivity index is 3.20. The van der Waals surface area contributed by atoms with E-state index in [0.29, 0.717) is 4.90 Å². The lowest BCUT2D eigenvalue weighted by molar-refractivity contribution is 0.595. The van der Waals surface area contributed by atoms with Crippen LogP contribution in [-0.4, -0.2) is 19.6 Å². The van der Waals surface area contributed by atoms with Gasteiger partial charge in [-0.1, -0.05) is 22.0 Å². The average Bonchev–Trinajstić information content (AvgIpc) is 2.17. The highest BCUT2D eigenvalue weighted by Crippen LogP contribution is 2.22. The summed E-state index contributed by atoms with van der Waals surface area (Å²) in [6, 6.07) is 6.74. The first-order valence-electron chi connectivity index (χ1n) is 4.14. The zero-order chi connectivity index (χ0) is 10.8. The summed E-state index contributed by atoms with van der Waals surface area (Å²) in [5, 5.41) is 2.90. The molecule has 0 aromatic heterocycles. The van der Waals surface area contributed by atoms with Crippen molar-refractivity contribution in [3.8, 4) is 0 Å². The van der Waals surface area contributed by atoms with E-state index in [1.807, 2.05) is 6.07 Å². The molecule has 78 valence electrons. The van der Waals surface area contributed by atoms with Crippen molar-refractivity contribution < 1.29 is 8.42 Å². The van der Waals surface area contributed by atoms with Crippen molar-refractivity contribution in [2.24, 2.45) is 0 Å². The Kier molecular flexibility index (Phi) is 3.55. The van der Waals surface area contributed by atoms with Crippen LogP contribution >= 0.6 is 15.9 Å². The van der Waals surface area contributed by atoms with Gasteiger partial charge in [0.1, 0.15) is 4.16 Å². The highest BCUT2D eigenvalue weighted by molar-refractivity contribution is 9.11. The minimum Gasteiger partial charge on any atom is -0.388 e. The molecule has 0 fully saturated rings. The van der Waals surface area contributed by atoms with Crippen LogP contribution in [-0.2, 0) is 9.84 Å². The number of sulfone groups is 1. The predicted molar refractivity (Wildman–Crippen MR) is 61.6 cm³/mol. The first-order valence-corrected chi connectivity index (χ1v) is 6.60. The van der Waals surface area contributed by atoms with Crippen molar-refractivity contribution in [2.75, 3.05) is 12.4 Å². The van der Waals surface area contributed by atoms with Gasteiger partial charge in [-0.3, -0.25) is 0 Å². The lowest BCUT2D eigenvalue weighted by Gasteiger charge is -2.07. The van der Waals surface area contributed by atoms with E-state index in [0.717, 1.165) is 5.69 Å². The molecule has 5 heteroatoms. The van der Waals surface area contributed by atoms with Crippen LogP contribution in [0.4, 0.5) is 5.69 Å². The van der Waals surface area contributed by atoms with Gasteiger partial charge in [0.25, 0.3) is 0 Å². The van der Waals surface area contributed by atoms with Crippen molar-refractivity contribution in [3.63, 3.8) is 0 Å². The second-order valence-electron chi connectivity index (χ2n) is 2.87. The summed E-state index contributed by atoms with van der Waals surface area (Å²) >= 11 is 3.07. The van der Waals surface area contributed by atoms with Gasteiger partial charge in [0.2, 0.25) is 0 Å². The molecule has 1 N–H and O–H groups in total. The maximum Gasteiger partial charge on any atom is 0.190 e. The lowest BCUT2D eigenvalue weighted by Crippen LogP contribution is -2.11. The van der Waals surface area contributed by atoms with Crippen molar-refractivity contribution in [1.29, 1.82) is 0 Å². The summed E-state index contributed by atoms with van der Waals surface area (Å²) in [5.41, 5.74) is 0.791. The molecule has 14 heavy (non-hydrogen) atoms. The molecule has 0 spiro atoms. The van der Waals surface area contributed by atoms with E-state index in [9.17, 15) is 8.42 Å². The molecule has 1 unspecified atom stereocenters. The van der Waals surface area contributed by atoms with Crippen LogP contribution in [0.25, 0.3) is 0 Å². The molecule has 3 nitrogen and oxygen atoms in total. The van der Waals surface area contributed by atoms with Crippen LogP contribution in [0.3, 0.4) is 0 Å². The van der Waals surface area contributed by atoms with Gasteiger partial charge < -0.3 is 5.32 Å². The lowest BCUT2D eigenvalue weighted by atomic mass is 10.3. The summed E-state index contributed by atoms with van der Waals surface area (Å²) < 4.78 is 22.9. The topological polar surface area (TPSA) is 46.2 Å². The summed E-state index contributed by atoms with van der Waals surface area (Å²) in [7, 11) is -1.48. The Hall–Kier alpha value is -0.550.